The van der Waals surface area contributed by atoms with E-state index in [1.807, 2.05) is 6.92 Å². The Hall–Kier alpha value is -1.09. The Bertz CT molecular complexity index is 381. The molecule has 25 heavy (non-hydrogen) atoms. The summed E-state index contributed by atoms with van der Waals surface area (Å²) in [6.07, 6.45) is 18.7. The molecule has 0 saturated carbocycles. The van der Waals surface area contributed by atoms with Gasteiger partial charge in [-0.15, -0.1) is 0 Å². The summed E-state index contributed by atoms with van der Waals surface area (Å²) in [6, 6.07) is 0. The number of unbranched alkanes of at least 4 members (excludes halogenated alkanes) is 9. The molecule has 0 aliphatic carbocycles. The second-order valence-electron chi connectivity index (χ2n) is 7.43. The number of amides is 1. The Morgan fingerprint density at radius 2 is 1.36 bits per heavy atom. The van der Waals surface area contributed by atoms with Gasteiger partial charge in [-0.1, -0.05) is 68.6 Å². The summed E-state index contributed by atoms with van der Waals surface area (Å²) in [7, 11) is 0. The zero-order valence-corrected chi connectivity index (χ0v) is 17.0. The molecule has 1 amide bonds. The SMILES string of the molecule is CC(C)=CCC/C(C)=C/C(=O)NCCCCCCCCCCCCN. The van der Waals surface area contributed by atoms with Crippen LogP contribution in [0.25, 0.3) is 0 Å². The fourth-order valence-electron chi connectivity index (χ4n) is 2.83. The molecule has 3 nitrogen and oxygen atoms in total. The van der Waals surface area contributed by atoms with E-state index in [2.05, 4.69) is 25.2 Å². The number of carbonyl (C=O) groups excluding carboxylic acids is 1. The topological polar surface area (TPSA) is 55.1 Å². The monoisotopic (exact) mass is 350 g/mol. The van der Waals surface area contributed by atoms with Crippen molar-refractivity contribution in [2.24, 2.45) is 5.73 Å². The quantitative estimate of drug-likeness (QED) is 0.214. The summed E-state index contributed by atoms with van der Waals surface area (Å²) < 4.78 is 0. The van der Waals surface area contributed by atoms with Crippen LogP contribution in [-0.4, -0.2) is 19.0 Å². The van der Waals surface area contributed by atoms with E-state index in [-0.39, 0.29) is 5.91 Å². The van der Waals surface area contributed by atoms with Gasteiger partial charge in [0.05, 0.1) is 0 Å². The van der Waals surface area contributed by atoms with Crippen molar-refractivity contribution in [3.05, 3.63) is 23.3 Å². The fraction of sp³-hybridized carbons (Fsp3) is 0.773. The van der Waals surface area contributed by atoms with E-state index >= 15 is 0 Å². The smallest absolute Gasteiger partial charge is 0.243 e. The molecule has 0 radical (unpaired) electrons. The molecule has 0 bridgehead atoms. The molecule has 146 valence electrons. The number of hydrogen-bond donors (Lipinski definition) is 2. The molecule has 0 aromatic carbocycles. The summed E-state index contributed by atoms with van der Waals surface area (Å²) >= 11 is 0. The van der Waals surface area contributed by atoms with E-state index in [9.17, 15) is 4.79 Å². The van der Waals surface area contributed by atoms with E-state index in [4.69, 9.17) is 5.73 Å². The lowest BCUT2D eigenvalue weighted by Crippen LogP contribution is -2.22. The van der Waals surface area contributed by atoms with Gasteiger partial charge in [0.2, 0.25) is 5.91 Å². The molecule has 0 fully saturated rings. The van der Waals surface area contributed by atoms with E-state index < -0.39 is 0 Å². The minimum atomic E-state index is 0.0622. The molecule has 0 unspecified atom stereocenters. The number of nitrogens with one attached hydrogen (secondary N) is 1. The normalized spacial score (nSPS) is 11.4. The highest BCUT2D eigenvalue weighted by Crippen LogP contribution is 2.10. The van der Waals surface area contributed by atoms with Gasteiger partial charge < -0.3 is 11.1 Å². The highest BCUT2D eigenvalue weighted by molar-refractivity contribution is 5.88. The van der Waals surface area contributed by atoms with Crippen LogP contribution >= 0.6 is 0 Å². The van der Waals surface area contributed by atoms with Gasteiger partial charge in [0.15, 0.2) is 0 Å². The molecule has 0 saturated heterocycles. The zero-order chi connectivity index (χ0) is 18.8. The first-order valence-electron chi connectivity index (χ1n) is 10.3. The summed E-state index contributed by atoms with van der Waals surface area (Å²) in [4.78, 5) is 11.8. The first-order chi connectivity index (χ1) is 12.1. The van der Waals surface area contributed by atoms with E-state index in [1.54, 1.807) is 6.08 Å². The third kappa shape index (κ3) is 19.1. The van der Waals surface area contributed by atoms with Crippen molar-refractivity contribution >= 4 is 5.91 Å². The van der Waals surface area contributed by atoms with Gasteiger partial charge >= 0.3 is 0 Å². The van der Waals surface area contributed by atoms with E-state index in [1.165, 1.54) is 63.4 Å². The third-order valence-corrected chi connectivity index (χ3v) is 4.40. The second kappa shape index (κ2) is 17.7. The summed E-state index contributed by atoms with van der Waals surface area (Å²) in [5.41, 5.74) is 7.98. The van der Waals surface area contributed by atoms with Crippen molar-refractivity contribution < 1.29 is 4.79 Å². The molecule has 0 aliphatic heterocycles. The Morgan fingerprint density at radius 1 is 0.840 bits per heavy atom. The van der Waals surface area contributed by atoms with Crippen LogP contribution in [0.1, 0.15) is 97.8 Å². The molecule has 0 atom stereocenters. The van der Waals surface area contributed by atoms with E-state index in [0.29, 0.717) is 0 Å². The molecule has 0 aromatic rings. The standard InChI is InChI=1S/C22H42N2O/c1-20(2)15-14-16-21(3)19-22(25)24-18-13-11-9-7-5-4-6-8-10-12-17-23/h15,19H,4-14,16-18,23H2,1-3H3,(H,24,25)/b21-19+. The van der Waals surface area contributed by atoms with Gasteiger partial charge in [-0.3, -0.25) is 4.79 Å². The van der Waals surface area contributed by atoms with Crippen LogP contribution in [0.15, 0.2) is 23.3 Å². The lowest BCUT2D eigenvalue weighted by atomic mass is 10.1. The molecule has 0 rings (SSSR count). The predicted molar refractivity (Wildman–Crippen MR) is 111 cm³/mol. The Labute approximate surface area is 156 Å². The van der Waals surface area contributed by atoms with Crippen molar-refractivity contribution in [3.63, 3.8) is 0 Å². The van der Waals surface area contributed by atoms with Crippen LogP contribution in [0.2, 0.25) is 0 Å². The average Bonchev–Trinajstić information content (AvgIpc) is 2.55. The van der Waals surface area contributed by atoms with Crippen molar-refractivity contribution in [2.45, 2.75) is 97.8 Å². The maximum absolute atomic E-state index is 11.8. The minimum absolute atomic E-state index is 0.0622. The minimum Gasteiger partial charge on any atom is -0.353 e. The zero-order valence-electron chi connectivity index (χ0n) is 17.0. The van der Waals surface area contributed by atoms with Gasteiger partial charge in [-0.25, -0.2) is 0 Å². The van der Waals surface area contributed by atoms with Crippen LogP contribution in [-0.2, 0) is 4.79 Å². The van der Waals surface area contributed by atoms with Crippen LogP contribution in [0.3, 0.4) is 0 Å². The van der Waals surface area contributed by atoms with Crippen LogP contribution < -0.4 is 11.1 Å². The largest absolute Gasteiger partial charge is 0.353 e. The molecule has 0 spiro atoms. The van der Waals surface area contributed by atoms with Crippen LogP contribution in [0.4, 0.5) is 0 Å². The first kappa shape index (κ1) is 23.9. The van der Waals surface area contributed by atoms with Crippen molar-refractivity contribution in [1.82, 2.24) is 5.32 Å². The van der Waals surface area contributed by atoms with Crippen molar-refractivity contribution in [3.8, 4) is 0 Å². The van der Waals surface area contributed by atoms with Gasteiger partial charge in [-0.2, -0.15) is 0 Å². The highest BCUT2D eigenvalue weighted by Gasteiger charge is 1.98. The lowest BCUT2D eigenvalue weighted by molar-refractivity contribution is -0.116. The number of nitrogens with two attached hydrogens (primary N) is 1. The Morgan fingerprint density at radius 3 is 1.88 bits per heavy atom. The number of carbonyl (C=O) groups is 1. The molecule has 3 heteroatoms. The average molecular weight is 351 g/mol. The fourth-order valence-corrected chi connectivity index (χ4v) is 2.83. The number of rotatable bonds is 16. The second-order valence-corrected chi connectivity index (χ2v) is 7.43. The lowest BCUT2D eigenvalue weighted by Gasteiger charge is -2.04. The Kier molecular flexibility index (Phi) is 17.0. The van der Waals surface area contributed by atoms with E-state index in [0.717, 1.165) is 37.9 Å². The molecule has 0 aliphatic rings. The van der Waals surface area contributed by atoms with Gasteiger partial charge in [0.25, 0.3) is 0 Å². The summed E-state index contributed by atoms with van der Waals surface area (Å²) in [5, 5.41) is 3.00. The van der Waals surface area contributed by atoms with Crippen LogP contribution in [0, 0.1) is 0 Å². The number of hydrogen-bond acceptors (Lipinski definition) is 2. The summed E-state index contributed by atoms with van der Waals surface area (Å²) in [5.74, 6) is 0.0622. The molecular weight excluding hydrogens is 308 g/mol. The van der Waals surface area contributed by atoms with Crippen molar-refractivity contribution in [2.75, 3.05) is 13.1 Å². The third-order valence-electron chi connectivity index (χ3n) is 4.40. The molecule has 0 aromatic heterocycles. The van der Waals surface area contributed by atoms with Crippen LogP contribution in [0.5, 0.6) is 0 Å². The maximum Gasteiger partial charge on any atom is 0.243 e. The van der Waals surface area contributed by atoms with Gasteiger partial charge in [-0.05, 0) is 53.0 Å². The maximum atomic E-state index is 11.8. The van der Waals surface area contributed by atoms with Gasteiger partial charge in [0.1, 0.15) is 0 Å². The highest BCUT2D eigenvalue weighted by atomic mass is 16.1. The molecule has 3 N–H and O–H groups in total. The summed E-state index contributed by atoms with van der Waals surface area (Å²) in [6.45, 7) is 7.89. The van der Waals surface area contributed by atoms with Gasteiger partial charge in [0, 0.05) is 12.6 Å². The number of allylic oxidation sites excluding steroid dienone is 3. The molecular formula is C22H42N2O. The predicted octanol–water partition coefficient (Wildman–Crippen LogP) is 5.66. The first-order valence-corrected chi connectivity index (χ1v) is 10.3. The van der Waals surface area contributed by atoms with Crippen molar-refractivity contribution in [1.29, 1.82) is 0 Å². The Balaban J connectivity index is 3.44. The molecule has 0 heterocycles.